The molecule has 1 aliphatic rings. The van der Waals surface area contributed by atoms with Gasteiger partial charge in [-0.3, -0.25) is 9.78 Å². The molecular weight excluding hydrogens is 244 g/mol. The van der Waals surface area contributed by atoms with Crippen molar-refractivity contribution in [1.82, 2.24) is 20.9 Å². The molecule has 1 aromatic rings. The largest absolute Gasteiger partial charge is 0.354 e. The Kier molecular flexibility index (Phi) is 4.72. The number of carbonyl (C=O) groups excluding carboxylic acids is 2. The van der Waals surface area contributed by atoms with Crippen molar-refractivity contribution in [3.8, 4) is 0 Å². The van der Waals surface area contributed by atoms with Crippen molar-refractivity contribution in [2.45, 2.75) is 19.4 Å². The van der Waals surface area contributed by atoms with Crippen molar-refractivity contribution in [3.05, 3.63) is 30.1 Å². The normalized spacial score (nSPS) is 13.7. The van der Waals surface area contributed by atoms with Crippen LogP contribution in [0, 0.1) is 5.92 Å². The minimum Gasteiger partial charge on any atom is -0.354 e. The second kappa shape index (κ2) is 6.72. The topological polar surface area (TPSA) is 83.1 Å². The van der Waals surface area contributed by atoms with Gasteiger partial charge in [0.2, 0.25) is 5.91 Å². The smallest absolute Gasteiger partial charge is 0.315 e. The van der Waals surface area contributed by atoms with E-state index >= 15 is 0 Å². The first-order valence-corrected chi connectivity index (χ1v) is 6.45. The Morgan fingerprint density at radius 3 is 2.63 bits per heavy atom. The second-order valence-corrected chi connectivity index (χ2v) is 4.50. The van der Waals surface area contributed by atoms with E-state index in [0.717, 1.165) is 18.5 Å². The van der Waals surface area contributed by atoms with E-state index in [-0.39, 0.29) is 17.9 Å². The summed E-state index contributed by atoms with van der Waals surface area (Å²) in [6, 6.07) is 5.28. The van der Waals surface area contributed by atoms with Gasteiger partial charge in [-0.1, -0.05) is 6.07 Å². The van der Waals surface area contributed by atoms with Crippen LogP contribution in [0.25, 0.3) is 0 Å². The maximum atomic E-state index is 11.4. The van der Waals surface area contributed by atoms with Crippen LogP contribution in [0.2, 0.25) is 0 Å². The van der Waals surface area contributed by atoms with Crippen LogP contribution in [-0.4, -0.2) is 30.0 Å². The average Bonchev–Trinajstić information content (AvgIpc) is 3.27. The molecule has 1 aromatic heterocycles. The quantitative estimate of drug-likeness (QED) is 0.649. The molecule has 1 saturated carbocycles. The van der Waals surface area contributed by atoms with Crippen LogP contribution in [0.15, 0.2) is 24.4 Å². The summed E-state index contributed by atoms with van der Waals surface area (Å²) >= 11 is 0. The van der Waals surface area contributed by atoms with Crippen LogP contribution in [0.5, 0.6) is 0 Å². The number of hydrogen-bond donors (Lipinski definition) is 3. The fourth-order valence-corrected chi connectivity index (χ4v) is 1.59. The van der Waals surface area contributed by atoms with Crippen molar-refractivity contribution >= 4 is 11.9 Å². The van der Waals surface area contributed by atoms with Gasteiger partial charge < -0.3 is 16.0 Å². The lowest BCUT2D eigenvalue weighted by atomic mass is 10.3. The highest BCUT2D eigenvalue weighted by Gasteiger charge is 2.28. The summed E-state index contributed by atoms with van der Waals surface area (Å²) in [5.74, 6) is 0.300. The molecule has 0 unspecified atom stereocenters. The third-order valence-corrected chi connectivity index (χ3v) is 2.81. The summed E-state index contributed by atoms with van der Waals surface area (Å²) in [6.45, 7) is 1.28. The van der Waals surface area contributed by atoms with Crippen LogP contribution >= 0.6 is 0 Å². The molecule has 102 valence electrons. The molecule has 0 atom stereocenters. The van der Waals surface area contributed by atoms with Crippen LogP contribution < -0.4 is 16.0 Å². The third kappa shape index (κ3) is 4.95. The van der Waals surface area contributed by atoms with Crippen LogP contribution in [0.4, 0.5) is 4.79 Å². The zero-order valence-corrected chi connectivity index (χ0v) is 10.7. The number of rotatable bonds is 6. The fourth-order valence-electron chi connectivity index (χ4n) is 1.59. The zero-order valence-electron chi connectivity index (χ0n) is 10.7. The predicted octanol–water partition coefficient (Wildman–Crippen LogP) is 0.407. The lowest BCUT2D eigenvalue weighted by Gasteiger charge is -2.08. The van der Waals surface area contributed by atoms with E-state index in [9.17, 15) is 9.59 Å². The molecule has 1 heterocycles. The van der Waals surface area contributed by atoms with Crippen molar-refractivity contribution in [2.24, 2.45) is 5.92 Å². The van der Waals surface area contributed by atoms with Crippen molar-refractivity contribution < 1.29 is 9.59 Å². The number of nitrogens with one attached hydrogen (secondary N) is 3. The van der Waals surface area contributed by atoms with E-state index in [0.29, 0.717) is 19.6 Å². The Bertz CT molecular complexity index is 432. The minimum atomic E-state index is -0.258. The lowest BCUT2D eigenvalue weighted by Crippen LogP contribution is -2.40. The van der Waals surface area contributed by atoms with E-state index < -0.39 is 0 Å². The minimum absolute atomic E-state index is 0.0932. The molecule has 0 aliphatic heterocycles. The van der Waals surface area contributed by atoms with Crippen molar-refractivity contribution in [2.75, 3.05) is 13.1 Å². The molecule has 1 aliphatic carbocycles. The maximum Gasteiger partial charge on any atom is 0.315 e. The molecule has 1 fully saturated rings. The van der Waals surface area contributed by atoms with E-state index in [2.05, 4.69) is 20.9 Å². The second-order valence-electron chi connectivity index (χ2n) is 4.50. The predicted molar refractivity (Wildman–Crippen MR) is 70.2 cm³/mol. The van der Waals surface area contributed by atoms with Crippen molar-refractivity contribution in [3.63, 3.8) is 0 Å². The van der Waals surface area contributed by atoms with Gasteiger partial charge in [-0.25, -0.2) is 4.79 Å². The number of aromatic nitrogens is 1. The van der Waals surface area contributed by atoms with Gasteiger partial charge in [0, 0.05) is 25.2 Å². The molecule has 3 amide bonds. The number of amides is 3. The summed E-state index contributed by atoms with van der Waals surface area (Å²) in [5, 5.41) is 8.15. The molecule has 0 saturated heterocycles. The summed E-state index contributed by atoms with van der Waals surface area (Å²) in [7, 11) is 0. The first kappa shape index (κ1) is 13.3. The number of carbonyl (C=O) groups is 2. The van der Waals surface area contributed by atoms with Gasteiger partial charge in [-0.05, 0) is 25.0 Å². The molecule has 6 heteroatoms. The fraction of sp³-hybridized carbons (Fsp3) is 0.462. The molecule has 0 spiro atoms. The number of urea groups is 1. The number of hydrogen-bond acceptors (Lipinski definition) is 3. The Morgan fingerprint density at radius 1 is 1.16 bits per heavy atom. The third-order valence-electron chi connectivity index (χ3n) is 2.81. The molecule has 2 rings (SSSR count). The molecule has 6 nitrogen and oxygen atoms in total. The highest BCUT2D eigenvalue weighted by molar-refractivity contribution is 5.80. The van der Waals surface area contributed by atoms with E-state index in [1.165, 1.54) is 0 Å². The van der Waals surface area contributed by atoms with Crippen LogP contribution in [0.3, 0.4) is 0 Å². The van der Waals surface area contributed by atoms with Gasteiger partial charge in [-0.15, -0.1) is 0 Å². The standard InChI is InChI=1S/C13H18N4O2/c18-12(10-4-5-10)15-7-8-16-13(19)17-9-11-3-1-2-6-14-11/h1-3,6,10H,4-5,7-9H2,(H,15,18)(H2,16,17,19). The highest BCUT2D eigenvalue weighted by atomic mass is 16.2. The Balaban J connectivity index is 1.53. The Labute approximate surface area is 112 Å². The molecule has 19 heavy (non-hydrogen) atoms. The van der Waals surface area contributed by atoms with Gasteiger partial charge in [0.15, 0.2) is 0 Å². The number of nitrogens with zero attached hydrogens (tertiary/aromatic N) is 1. The summed E-state index contributed by atoms with van der Waals surface area (Å²) in [4.78, 5) is 26.9. The van der Waals surface area contributed by atoms with Crippen LogP contribution in [0.1, 0.15) is 18.5 Å². The van der Waals surface area contributed by atoms with Gasteiger partial charge in [-0.2, -0.15) is 0 Å². The molecular formula is C13H18N4O2. The highest BCUT2D eigenvalue weighted by Crippen LogP contribution is 2.28. The van der Waals surface area contributed by atoms with E-state index in [4.69, 9.17) is 0 Å². The zero-order chi connectivity index (χ0) is 13.5. The van der Waals surface area contributed by atoms with E-state index in [1.54, 1.807) is 6.20 Å². The van der Waals surface area contributed by atoms with Crippen molar-refractivity contribution in [1.29, 1.82) is 0 Å². The lowest BCUT2D eigenvalue weighted by molar-refractivity contribution is -0.122. The maximum absolute atomic E-state index is 11.4. The Morgan fingerprint density at radius 2 is 1.95 bits per heavy atom. The summed E-state index contributed by atoms with van der Waals surface area (Å²) in [6.07, 6.45) is 3.66. The number of pyridine rings is 1. The van der Waals surface area contributed by atoms with Gasteiger partial charge in [0.05, 0.1) is 12.2 Å². The first-order chi connectivity index (χ1) is 9.25. The molecule has 0 bridgehead atoms. The van der Waals surface area contributed by atoms with Crippen LogP contribution in [-0.2, 0) is 11.3 Å². The van der Waals surface area contributed by atoms with E-state index in [1.807, 2.05) is 18.2 Å². The summed E-state index contributed by atoms with van der Waals surface area (Å²) in [5.41, 5.74) is 0.805. The Hall–Kier alpha value is -2.11. The first-order valence-electron chi connectivity index (χ1n) is 6.45. The van der Waals surface area contributed by atoms with Gasteiger partial charge >= 0.3 is 6.03 Å². The van der Waals surface area contributed by atoms with Gasteiger partial charge in [0.25, 0.3) is 0 Å². The summed E-state index contributed by atoms with van der Waals surface area (Å²) < 4.78 is 0. The van der Waals surface area contributed by atoms with Gasteiger partial charge in [0.1, 0.15) is 0 Å². The SMILES string of the molecule is O=C(NCCNC(=O)C1CC1)NCc1ccccn1. The molecule has 3 N–H and O–H groups in total. The molecule has 0 radical (unpaired) electrons. The molecule has 0 aromatic carbocycles. The average molecular weight is 262 g/mol. The monoisotopic (exact) mass is 262 g/mol.